The molecule has 1 aromatic carbocycles. The van der Waals surface area contributed by atoms with Gasteiger partial charge in [-0.2, -0.15) is 4.80 Å². The van der Waals surface area contributed by atoms with Gasteiger partial charge in [0.25, 0.3) is 0 Å². The van der Waals surface area contributed by atoms with Crippen molar-refractivity contribution in [3.8, 4) is 16.5 Å². The number of rotatable bonds is 6. The van der Waals surface area contributed by atoms with Crippen LogP contribution in [-0.2, 0) is 6.54 Å². The Kier molecular flexibility index (Phi) is 4.24. The van der Waals surface area contributed by atoms with E-state index in [1.165, 1.54) is 16.1 Å². The van der Waals surface area contributed by atoms with Crippen molar-refractivity contribution in [2.75, 3.05) is 6.61 Å². The largest absolute Gasteiger partial charge is 0.494 e. The average molecular weight is 314 g/mol. The van der Waals surface area contributed by atoms with E-state index in [4.69, 9.17) is 4.74 Å². The van der Waals surface area contributed by atoms with E-state index in [-0.39, 0.29) is 12.3 Å². The van der Waals surface area contributed by atoms with Crippen molar-refractivity contribution in [1.82, 2.24) is 20.2 Å². The van der Waals surface area contributed by atoms with Crippen LogP contribution in [-0.4, -0.2) is 32.6 Å². The summed E-state index contributed by atoms with van der Waals surface area (Å²) < 4.78 is 5.35. The standard InChI is InChI=1S/C15H14N4O2S/c1-2-21-12-7-5-11(6-8-12)13(20)10-19-17-15(16-18-19)14-4-3-9-22-14/h3-9H,2,10H2,1H3. The molecular formula is C15H14N4O2S. The van der Waals surface area contributed by atoms with Gasteiger partial charge in [-0.3, -0.25) is 4.79 Å². The first-order valence-electron chi connectivity index (χ1n) is 6.84. The Hall–Kier alpha value is -2.54. The molecule has 7 heteroatoms. The van der Waals surface area contributed by atoms with Crippen LogP contribution < -0.4 is 4.74 Å². The van der Waals surface area contributed by atoms with Crippen LogP contribution in [0.2, 0.25) is 0 Å². The summed E-state index contributed by atoms with van der Waals surface area (Å²) in [5, 5.41) is 14.1. The zero-order chi connectivity index (χ0) is 15.4. The number of ether oxygens (including phenoxy) is 1. The maximum absolute atomic E-state index is 12.2. The second kappa shape index (κ2) is 6.48. The van der Waals surface area contributed by atoms with Crippen LogP contribution in [0.3, 0.4) is 0 Å². The Labute approximate surface area is 131 Å². The molecule has 0 fully saturated rings. The van der Waals surface area contributed by atoms with Gasteiger partial charge in [0.15, 0.2) is 5.78 Å². The van der Waals surface area contributed by atoms with Crippen molar-refractivity contribution >= 4 is 17.1 Å². The molecule has 0 amide bonds. The van der Waals surface area contributed by atoms with Crippen molar-refractivity contribution in [3.63, 3.8) is 0 Å². The summed E-state index contributed by atoms with van der Waals surface area (Å²) in [6.45, 7) is 2.58. The molecule has 0 spiro atoms. The minimum atomic E-state index is -0.0711. The van der Waals surface area contributed by atoms with Gasteiger partial charge in [0.05, 0.1) is 11.5 Å². The lowest BCUT2D eigenvalue weighted by Crippen LogP contribution is -2.13. The molecule has 2 aromatic heterocycles. The fourth-order valence-corrected chi connectivity index (χ4v) is 2.59. The predicted molar refractivity (Wildman–Crippen MR) is 83.1 cm³/mol. The van der Waals surface area contributed by atoms with Crippen LogP contribution in [0.25, 0.3) is 10.7 Å². The molecule has 112 valence electrons. The van der Waals surface area contributed by atoms with Gasteiger partial charge in [0.1, 0.15) is 12.3 Å². The number of ketones is 1. The van der Waals surface area contributed by atoms with E-state index in [9.17, 15) is 4.79 Å². The number of nitrogens with zero attached hydrogens (tertiary/aromatic N) is 4. The number of thiophene rings is 1. The Morgan fingerprint density at radius 2 is 2.09 bits per heavy atom. The maximum atomic E-state index is 12.2. The molecule has 0 unspecified atom stereocenters. The highest BCUT2D eigenvalue weighted by Crippen LogP contribution is 2.19. The van der Waals surface area contributed by atoms with Crippen molar-refractivity contribution in [1.29, 1.82) is 0 Å². The van der Waals surface area contributed by atoms with E-state index in [0.717, 1.165) is 10.6 Å². The summed E-state index contributed by atoms with van der Waals surface area (Å²) in [5.74, 6) is 1.21. The van der Waals surface area contributed by atoms with E-state index in [1.807, 2.05) is 24.4 Å². The highest BCUT2D eigenvalue weighted by Gasteiger charge is 2.11. The summed E-state index contributed by atoms with van der Waals surface area (Å²) in [5.41, 5.74) is 0.596. The van der Waals surface area contributed by atoms with Crippen molar-refractivity contribution < 1.29 is 9.53 Å². The lowest BCUT2D eigenvalue weighted by atomic mass is 10.1. The molecule has 3 aromatic rings. The number of Topliss-reactive ketones (excluding diaryl/α,β-unsaturated/α-hetero) is 1. The van der Waals surface area contributed by atoms with Crippen LogP contribution in [0.15, 0.2) is 41.8 Å². The minimum absolute atomic E-state index is 0.0619. The average Bonchev–Trinajstić information content (AvgIpc) is 3.19. The topological polar surface area (TPSA) is 69.9 Å². The minimum Gasteiger partial charge on any atom is -0.494 e. The molecule has 0 aliphatic rings. The van der Waals surface area contributed by atoms with E-state index < -0.39 is 0 Å². The molecular weight excluding hydrogens is 300 g/mol. The Morgan fingerprint density at radius 1 is 1.27 bits per heavy atom. The van der Waals surface area contributed by atoms with Crippen LogP contribution in [0.4, 0.5) is 0 Å². The number of carbonyl (C=O) groups is 1. The van der Waals surface area contributed by atoms with Gasteiger partial charge in [-0.1, -0.05) is 6.07 Å². The number of benzene rings is 1. The normalized spacial score (nSPS) is 10.6. The summed E-state index contributed by atoms with van der Waals surface area (Å²) in [6.07, 6.45) is 0. The van der Waals surface area contributed by atoms with Gasteiger partial charge in [-0.25, -0.2) is 0 Å². The molecule has 0 atom stereocenters. The molecule has 3 rings (SSSR count). The maximum Gasteiger partial charge on any atom is 0.214 e. The fraction of sp³-hybridized carbons (Fsp3) is 0.200. The molecule has 0 aliphatic carbocycles. The third-order valence-corrected chi connectivity index (χ3v) is 3.83. The Balaban J connectivity index is 1.69. The lowest BCUT2D eigenvalue weighted by Gasteiger charge is -2.04. The fourth-order valence-electron chi connectivity index (χ4n) is 1.94. The monoisotopic (exact) mass is 314 g/mol. The summed E-state index contributed by atoms with van der Waals surface area (Å²) >= 11 is 1.53. The highest BCUT2D eigenvalue weighted by molar-refractivity contribution is 7.13. The first-order valence-corrected chi connectivity index (χ1v) is 7.72. The Morgan fingerprint density at radius 3 is 2.77 bits per heavy atom. The van der Waals surface area contributed by atoms with Gasteiger partial charge in [0, 0.05) is 5.56 Å². The highest BCUT2D eigenvalue weighted by atomic mass is 32.1. The van der Waals surface area contributed by atoms with E-state index >= 15 is 0 Å². The third kappa shape index (κ3) is 3.20. The van der Waals surface area contributed by atoms with Gasteiger partial charge >= 0.3 is 0 Å². The van der Waals surface area contributed by atoms with Crippen molar-refractivity contribution in [2.45, 2.75) is 13.5 Å². The number of aromatic nitrogens is 4. The van der Waals surface area contributed by atoms with Crippen LogP contribution in [0.5, 0.6) is 5.75 Å². The van der Waals surface area contributed by atoms with E-state index in [1.54, 1.807) is 24.3 Å². The van der Waals surface area contributed by atoms with Gasteiger partial charge < -0.3 is 4.74 Å². The molecule has 0 saturated heterocycles. The summed E-state index contributed by atoms with van der Waals surface area (Å²) in [7, 11) is 0. The smallest absolute Gasteiger partial charge is 0.214 e. The molecule has 6 nitrogen and oxygen atoms in total. The van der Waals surface area contributed by atoms with Crippen LogP contribution in [0.1, 0.15) is 17.3 Å². The Bertz CT molecular complexity index is 750. The first-order chi connectivity index (χ1) is 10.8. The quantitative estimate of drug-likeness (QED) is 0.654. The zero-order valence-corrected chi connectivity index (χ0v) is 12.8. The second-order valence-corrected chi connectivity index (χ2v) is 5.45. The molecule has 0 saturated carbocycles. The van der Waals surface area contributed by atoms with Crippen molar-refractivity contribution in [3.05, 3.63) is 47.3 Å². The zero-order valence-electron chi connectivity index (χ0n) is 12.0. The molecule has 0 bridgehead atoms. The van der Waals surface area contributed by atoms with E-state index in [2.05, 4.69) is 15.4 Å². The van der Waals surface area contributed by atoms with Crippen LogP contribution >= 0.6 is 11.3 Å². The first kappa shape index (κ1) is 14.4. The lowest BCUT2D eigenvalue weighted by molar-refractivity contribution is 0.0961. The van der Waals surface area contributed by atoms with Gasteiger partial charge in [-0.05, 0) is 47.8 Å². The number of hydrogen-bond acceptors (Lipinski definition) is 6. The van der Waals surface area contributed by atoms with Gasteiger partial charge in [-0.15, -0.1) is 21.5 Å². The third-order valence-electron chi connectivity index (χ3n) is 2.97. The van der Waals surface area contributed by atoms with Crippen molar-refractivity contribution in [2.24, 2.45) is 0 Å². The molecule has 0 aliphatic heterocycles. The number of tetrazole rings is 1. The predicted octanol–water partition coefficient (Wildman–Crippen LogP) is 2.68. The molecule has 2 heterocycles. The van der Waals surface area contributed by atoms with Crippen LogP contribution in [0, 0.1) is 0 Å². The summed E-state index contributed by atoms with van der Waals surface area (Å²) in [4.78, 5) is 14.5. The SMILES string of the molecule is CCOc1ccc(C(=O)Cn2nnc(-c3cccs3)n2)cc1. The van der Waals surface area contributed by atoms with E-state index in [0.29, 0.717) is 18.0 Å². The van der Waals surface area contributed by atoms with Gasteiger partial charge in [0.2, 0.25) is 5.82 Å². The molecule has 0 radical (unpaired) electrons. The molecule has 0 N–H and O–H groups in total. The number of hydrogen-bond donors (Lipinski definition) is 0. The second-order valence-electron chi connectivity index (χ2n) is 4.50. The summed E-state index contributed by atoms with van der Waals surface area (Å²) in [6, 6.07) is 10.9. The molecule has 22 heavy (non-hydrogen) atoms. The number of carbonyl (C=O) groups excluding carboxylic acids is 1.